The van der Waals surface area contributed by atoms with Crippen molar-refractivity contribution >= 4 is 17.1 Å². The maximum atomic E-state index is 11.1. The molecule has 0 heterocycles. The van der Waals surface area contributed by atoms with Gasteiger partial charge in [-0.2, -0.15) is 0 Å². The molecule has 0 saturated heterocycles. The Labute approximate surface area is 118 Å². The molecule has 1 fully saturated rings. The first-order chi connectivity index (χ1) is 9.37. The van der Waals surface area contributed by atoms with E-state index >= 15 is 0 Å². The maximum Gasteiger partial charge on any atom is 0.314 e. The van der Waals surface area contributed by atoms with Crippen molar-refractivity contribution in [2.45, 2.75) is 39.3 Å². The normalized spacial score (nSPS) is 23.9. The Morgan fingerprint density at radius 1 is 1.55 bits per heavy atom. The number of nitrogens with one attached hydrogen (secondary N) is 1. The van der Waals surface area contributed by atoms with Crippen LogP contribution in [0.1, 0.15) is 27.2 Å². The summed E-state index contributed by atoms with van der Waals surface area (Å²) in [5.41, 5.74) is 6.23. The molecule has 0 aromatic heterocycles. The van der Waals surface area contributed by atoms with Crippen LogP contribution in [0.3, 0.4) is 0 Å². The average molecular weight is 279 g/mol. The lowest BCUT2D eigenvalue weighted by molar-refractivity contribution is -0.383. The number of nitrogens with zero attached hydrogens (tertiary/aromatic N) is 1. The SMILES string of the molecule is CCOC1CC(Nc2cccc(N)c2[N+](=O)[O-])C1(C)C. The molecule has 0 amide bonds. The number of benzene rings is 1. The molecule has 3 N–H and O–H groups in total. The molecule has 0 radical (unpaired) electrons. The second-order valence-corrected chi connectivity index (χ2v) is 5.70. The highest BCUT2D eigenvalue weighted by Gasteiger charge is 2.49. The van der Waals surface area contributed by atoms with E-state index in [2.05, 4.69) is 19.2 Å². The van der Waals surface area contributed by atoms with E-state index in [1.54, 1.807) is 12.1 Å². The van der Waals surface area contributed by atoms with Crippen LogP contribution in [-0.4, -0.2) is 23.7 Å². The summed E-state index contributed by atoms with van der Waals surface area (Å²) in [6.07, 6.45) is 1.03. The summed E-state index contributed by atoms with van der Waals surface area (Å²) in [4.78, 5) is 10.7. The Morgan fingerprint density at radius 2 is 2.25 bits per heavy atom. The fourth-order valence-corrected chi connectivity index (χ4v) is 2.68. The highest BCUT2D eigenvalue weighted by molar-refractivity contribution is 5.74. The first-order valence-corrected chi connectivity index (χ1v) is 6.79. The van der Waals surface area contributed by atoms with Gasteiger partial charge >= 0.3 is 5.69 Å². The molecule has 6 heteroatoms. The molecule has 0 aliphatic heterocycles. The molecule has 1 aromatic carbocycles. The number of ether oxygens (including phenoxy) is 1. The summed E-state index contributed by atoms with van der Waals surface area (Å²) in [6, 6.07) is 5.09. The third-order valence-corrected chi connectivity index (χ3v) is 4.13. The number of nitrogen functional groups attached to an aromatic ring is 1. The molecule has 2 atom stereocenters. The van der Waals surface area contributed by atoms with Gasteiger partial charge in [0, 0.05) is 18.1 Å². The zero-order valence-corrected chi connectivity index (χ0v) is 12.1. The average Bonchev–Trinajstić information content (AvgIpc) is 2.37. The topological polar surface area (TPSA) is 90.4 Å². The van der Waals surface area contributed by atoms with Gasteiger partial charge in [0.25, 0.3) is 0 Å². The lowest BCUT2D eigenvalue weighted by atomic mass is 9.64. The molecular weight excluding hydrogens is 258 g/mol. The minimum absolute atomic E-state index is 0.0526. The van der Waals surface area contributed by atoms with Crippen molar-refractivity contribution in [3.63, 3.8) is 0 Å². The number of hydrogen-bond donors (Lipinski definition) is 2. The highest BCUT2D eigenvalue weighted by atomic mass is 16.6. The molecule has 0 bridgehead atoms. The van der Waals surface area contributed by atoms with Gasteiger partial charge in [0.15, 0.2) is 0 Å². The van der Waals surface area contributed by atoms with Crippen molar-refractivity contribution in [3.8, 4) is 0 Å². The zero-order valence-electron chi connectivity index (χ0n) is 12.1. The Hall–Kier alpha value is -1.82. The molecule has 20 heavy (non-hydrogen) atoms. The number of rotatable bonds is 5. The Balaban J connectivity index is 2.17. The predicted molar refractivity (Wildman–Crippen MR) is 78.7 cm³/mol. The van der Waals surface area contributed by atoms with E-state index in [9.17, 15) is 10.1 Å². The van der Waals surface area contributed by atoms with Crippen LogP contribution in [0.2, 0.25) is 0 Å². The summed E-state index contributed by atoms with van der Waals surface area (Å²) in [7, 11) is 0. The number of para-hydroxylation sites is 1. The summed E-state index contributed by atoms with van der Waals surface area (Å²) in [6.45, 7) is 6.86. The molecule has 6 nitrogen and oxygen atoms in total. The molecule has 1 aliphatic rings. The van der Waals surface area contributed by atoms with Crippen LogP contribution in [0.25, 0.3) is 0 Å². The molecule has 1 saturated carbocycles. The minimum Gasteiger partial charge on any atom is -0.393 e. The molecule has 110 valence electrons. The van der Waals surface area contributed by atoms with E-state index in [0.717, 1.165) is 6.42 Å². The zero-order chi connectivity index (χ0) is 14.9. The monoisotopic (exact) mass is 279 g/mol. The third-order valence-electron chi connectivity index (χ3n) is 4.13. The van der Waals surface area contributed by atoms with E-state index < -0.39 is 4.92 Å². The summed E-state index contributed by atoms with van der Waals surface area (Å²) >= 11 is 0. The fourth-order valence-electron chi connectivity index (χ4n) is 2.68. The quantitative estimate of drug-likeness (QED) is 0.491. The van der Waals surface area contributed by atoms with Gasteiger partial charge in [0.2, 0.25) is 0 Å². The van der Waals surface area contributed by atoms with E-state index in [4.69, 9.17) is 10.5 Å². The molecule has 2 unspecified atom stereocenters. The van der Waals surface area contributed by atoms with Gasteiger partial charge in [-0.3, -0.25) is 10.1 Å². The van der Waals surface area contributed by atoms with Crippen LogP contribution < -0.4 is 11.1 Å². The molecule has 0 spiro atoms. The van der Waals surface area contributed by atoms with Gasteiger partial charge < -0.3 is 15.8 Å². The Morgan fingerprint density at radius 3 is 2.80 bits per heavy atom. The van der Waals surface area contributed by atoms with Crippen molar-refractivity contribution < 1.29 is 9.66 Å². The molecule has 2 rings (SSSR count). The number of nitro benzene ring substituents is 1. The van der Waals surface area contributed by atoms with Crippen molar-refractivity contribution in [1.29, 1.82) is 0 Å². The predicted octanol–water partition coefficient (Wildman–Crippen LogP) is 2.79. The van der Waals surface area contributed by atoms with Crippen LogP contribution in [0, 0.1) is 15.5 Å². The van der Waals surface area contributed by atoms with Crippen LogP contribution in [0.15, 0.2) is 18.2 Å². The number of nitro groups is 1. The van der Waals surface area contributed by atoms with Crippen molar-refractivity contribution in [2.75, 3.05) is 17.7 Å². The number of nitrogens with two attached hydrogens (primary N) is 1. The van der Waals surface area contributed by atoms with Crippen LogP contribution in [-0.2, 0) is 4.74 Å². The van der Waals surface area contributed by atoms with Gasteiger partial charge in [-0.25, -0.2) is 0 Å². The first kappa shape index (κ1) is 14.6. The van der Waals surface area contributed by atoms with Gasteiger partial charge in [-0.15, -0.1) is 0 Å². The second-order valence-electron chi connectivity index (χ2n) is 5.70. The van der Waals surface area contributed by atoms with Crippen LogP contribution >= 0.6 is 0 Å². The van der Waals surface area contributed by atoms with E-state index in [0.29, 0.717) is 12.3 Å². The van der Waals surface area contributed by atoms with Gasteiger partial charge in [-0.1, -0.05) is 19.9 Å². The number of hydrogen-bond acceptors (Lipinski definition) is 5. The molecular formula is C14H21N3O3. The second kappa shape index (κ2) is 5.28. The summed E-state index contributed by atoms with van der Waals surface area (Å²) < 4.78 is 5.66. The summed E-state index contributed by atoms with van der Waals surface area (Å²) in [5.74, 6) is 0. The first-order valence-electron chi connectivity index (χ1n) is 6.79. The van der Waals surface area contributed by atoms with Crippen molar-refractivity contribution in [1.82, 2.24) is 0 Å². The van der Waals surface area contributed by atoms with E-state index in [1.807, 2.05) is 6.92 Å². The van der Waals surface area contributed by atoms with Crippen LogP contribution in [0.5, 0.6) is 0 Å². The lowest BCUT2D eigenvalue weighted by Crippen LogP contribution is -2.58. The highest BCUT2D eigenvalue weighted by Crippen LogP contribution is 2.45. The van der Waals surface area contributed by atoms with Crippen LogP contribution in [0.4, 0.5) is 17.1 Å². The molecule has 1 aromatic rings. The fraction of sp³-hybridized carbons (Fsp3) is 0.571. The largest absolute Gasteiger partial charge is 0.393 e. The van der Waals surface area contributed by atoms with Gasteiger partial charge in [-0.05, 0) is 25.5 Å². The Bertz CT molecular complexity index is 516. The van der Waals surface area contributed by atoms with Crippen molar-refractivity contribution in [3.05, 3.63) is 28.3 Å². The maximum absolute atomic E-state index is 11.1. The summed E-state index contributed by atoms with van der Waals surface area (Å²) in [5, 5.41) is 14.4. The smallest absolute Gasteiger partial charge is 0.314 e. The van der Waals surface area contributed by atoms with Crippen molar-refractivity contribution in [2.24, 2.45) is 5.41 Å². The standard InChI is InChI=1S/C14H21N3O3/c1-4-20-12-8-11(14(12,2)3)16-10-7-5-6-9(15)13(10)17(18)19/h5-7,11-12,16H,4,8,15H2,1-3H3. The molecule has 1 aliphatic carbocycles. The number of anilines is 2. The van der Waals surface area contributed by atoms with Gasteiger partial charge in [0.1, 0.15) is 11.4 Å². The Kier molecular flexibility index (Phi) is 3.85. The minimum atomic E-state index is -0.441. The van der Waals surface area contributed by atoms with Gasteiger partial charge in [0.05, 0.1) is 11.0 Å². The third kappa shape index (κ3) is 2.43. The lowest BCUT2D eigenvalue weighted by Gasteiger charge is -2.51. The van der Waals surface area contributed by atoms with E-state index in [1.165, 1.54) is 6.07 Å². The van der Waals surface area contributed by atoms with E-state index in [-0.39, 0.29) is 28.9 Å².